The van der Waals surface area contributed by atoms with Gasteiger partial charge in [-0.1, -0.05) is 6.07 Å². The minimum absolute atomic E-state index is 0.0140. The number of carbonyl (C=O) groups is 1. The van der Waals surface area contributed by atoms with Crippen molar-refractivity contribution in [1.82, 2.24) is 25.5 Å². The standard InChI is InChI=1S/C12H15N5O2S/c18-8-12(4-2-5-12)13-10(19)7-17-15-11(14-16-17)9-3-1-6-20-9/h1,3,6,18H,2,4-5,7-8H2,(H,13,19). The maximum Gasteiger partial charge on any atom is 0.244 e. The van der Waals surface area contributed by atoms with Crippen LogP contribution in [-0.2, 0) is 11.3 Å². The average molecular weight is 293 g/mol. The van der Waals surface area contributed by atoms with Crippen molar-refractivity contribution < 1.29 is 9.90 Å². The second-order valence-corrected chi connectivity index (χ2v) is 5.91. The van der Waals surface area contributed by atoms with E-state index >= 15 is 0 Å². The van der Waals surface area contributed by atoms with E-state index in [4.69, 9.17) is 0 Å². The van der Waals surface area contributed by atoms with E-state index in [2.05, 4.69) is 20.7 Å². The fourth-order valence-electron chi connectivity index (χ4n) is 2.20. The molecule has 0 saturated heterocycles. The molecule has 3 rings (SSSR count). The van der Waals surface area contributed by atoms with Crippen molar-refractivity contribution in [3.63, 3.8) is 0 Å². The molecule has 2 N–H and O–H groups in total. The summed E-state index contributed by atoms with van der Waals surface area (Å²) in [6.45, 7) is -0.00983. The van der Waals surface area contributed by atoms with Crippen LogP contribution in [0.1, 0.15) is 19.3 Å². The first kappa shape index (κ1) is 13.2. The highest BCUT2D eigenvalue weighted by atomic mass is 32.1. The van der Waals surface area contributed by atoms with Crippen molar-refractivity contribution in [2.75, 3.05) is 6.61 Å². The molecule has 2 heterocycles. The zero-order valence-corrected chi connectivity index (χ0v) is 11.6. The molecule has 0 aliphatic heterocycles. The lowest BCUT2D eigenvalue weighted by molar-refractivity contribution is -0.126. The molecule has 7 nitrogen and oxygen atoms in total. The molecule has 8 heteroatoms. The number of aliphatic hydroxyl groups is 1. The van der Waals surface area contributed by atoms with E-state index in [1.807, 2.05) is 17.5 Å². The van der Waals surface area contributed by atoms with Crippen LogP contribution >= 0.6 is 11.3 Å². The molecule has 1 amide bonds. The predicted molar refractivity (Wildman–Crippen MR) is 72.9 cm³/mol. The van der Waals surface area contributed by atoms with Gasteiger partial charge < -0.3 is 10.4 Å². The summed E-state index contributed by atoms with van der Waals surface area (Å²) in [4.78, 5) is 14.1. The molecule has 20 heavy (non-hydrogen) atoms. The molecule has 0 unspecified atom stereocenters. The lowest BCUT2D eigenvalue weighted by Gasteiger charge is -2.40. The van der Waals surface area contributed by atoms with Crippen LogP contribution in [0.5, 0.6) is 0 Å². The van der Waals surface area contributed by atoms with Gasteiger partial charge in [0.25, 0.3) is 0 Å². The Morgan fingerprint density at radius 1 is 1.55 bits per heavy atom. The van der Waals surface area contributed by atoms with Gasteiger partial charge in [0.1, 0.15) is 6.54 Å². The summed E-state index contributed by atoms with van der Waals surface area (Å²) in [5, 5.41) is 26.1. The predicted octanol–water partition coefficient (Wildman–Crippen LogP) is 0.433. The van der Waals surface area contributed by atoms with Crippen LogP contribution in [0.3, 0.4) is 0 Å². The Balaban J connectivity index is 1.62. The monoisotopic (exact) mass is 293 g/mol. The average Bonchev–Trinajstić information content (AvgIpc) is 3.03. The molecule has 0 radical (unpaired) electrons. The molecule has 2 aromatic heterocycles. The van der Waals surface area contributed by atoms with Gasteiger partial charge in [-0.3, -0.25) is 4.79 Å². The topological polar surface area (TPSA) is 92.9 Å². The van der Waals surface area contributed by atoms with E-state index in [0.717, 1.165) is 24.1 Å². The van der Waals surface area contributed by atoms with Crippen LogP contribution in [0.25, 0.3) is 10.7 Å². The molecule has 0 aromatic carbocycles. The molecule has 1 saturated carbocycles. The summed E-state index contributed by atoms with van der Waals surface area (Å²) in [5.41, 5.74) is -0.436. The van der Waals surface area contributed by atoms with Gasteiger partial charge in [-0.05, 0) is 35.9 Å². The Bertz CT molecular complexity index is 585. The molecule has 2 aromatic rings. The summed E-state index contributed by atoms with van der Waals surface area (Å²) in [6, 6.07) is 3.82. The zero-order valence-electron chi connectivity index (χ0n) is 10.8. The third-order valence-corrected chi connectivity index (χ3v) is 4.36. The van der Waals surface area contributed by atoms with E-state index in [0.29, 0.717) is 5.82 Å². The lowest BCUT2D eigenvalue weighted by Crippen LogP contribution is -2.56. The van der Waals surface area contributed by atoms with Crippen molar-refractivity contribution in [2.45, 2.75) is 31.3 Å². The van der Waals surface area contributed by atoms with Crippen molar-refractivity contribution >= 4 is 17.2 Å². The number of aromatic nitrogens is 4. The summed E-state index contributed by atoms with van der Waals surface area (Å²) < 4.78 is 0. The number of tetrazole rings is 1. The molecule has 1 fully saturated rings. The normalized spacial score (nSPS) is 16.6. The van der Waals surface area contributed by atoms with Gasteiger partial charge in [0, 0.05) is 0 Å². The SMILES string of the molecule is O=C(Cn1nnc(-c2cccs2)n1)NC1(CO)CCC1. The van der Waals surface area contributed by atoms with Gasteiger partial charge in [-0.2, -0.15) is 4.80 Å². The Morgan fingerprint density at radius 3 is 3.00 bits per heavy atom. The molecule has 0 atom stereocenters. The molecular weight excluding hydrogens is 278 g/mol. The van der Waals surface area contributed by atoms with Crippen molar-refractivity contribution in [1.29, 1.82) is 0 Å². The summed E-state index contributed by atoms with van der Waals surface area (Å²) in [7, 11) is 0. The number of hydrogen-bond donors (Lipinski definition) is 2. The van der Waals surface area contributed by atoms with Crippen molar-refractivity contribution in [3.8, 4) is 10.7 Å². The minimum Gasteiger partial charge on any atom is -0.394 e. The number of carbonyl (C=O) groups excluding carboxylic acids is 1. The maximum atomic E-state index is 11.9. The van der Waals surface area contributed by atoms with Crippen LogP contribution in [0.4, 0.5) is 0 Å². The first-order valence-electron chi connectivity index (χ1n) is 6.44. The first-order chi connectivity index (χ1) is 9.71. The van der Waals surface area contributed by atoms with Gasteiger partial charge >= 0.3 is 0 Å². The van der Waals surface area contributed by atoms with Crippen LogP contribution < -0.4 is 5.32 Å². The van der Waals surface area contributed by atoms with Crippen LogP contribution in [-0.4, -0.2) is 43.4 Å². The number of rotatable bonds is 5. The van der Waals surface area contributed by atoms with Crippen LogP contribution in [0.2, 0.25) is 0 Å². The molecule has 1 aliphatic rings. The quantitative estimate of drug-likeness (QED) is 0.834. The highest BCUT2D eigenvalue weighted by molar-refractivity contribution is 7.13. The Hall–Kier alpha value is -1.80. The number of hydrogen-bond acceptors (Lipinski definition) is 6. The smallest absolute Gasteiger partial charge is 0.244 e. The zero-order chi connectivity index (χ0) is 14.0. The van der Waals surface area contributed by atoms with Gasteiger partial charge in [0.2, 0.25) is 11.7 Å². The summed E-state index contributed by atoms with van der Waals surface area (Å²) in [5.74, 6) is 0.321. The van der Waals surface area contributed by atoms with E-state index in [9.17, 15) is 9.90 Å². The fraction of sp³-hybridized carbons (Fsp3) is 0.500. The molecule has 106 valence electrons. The van der Waals surface area contributed by atoms with E-state index in [1.165, 1.54) is 16.1 Å². The van der Waals surface area contributed by atoms with Crippen molar-refractivity contribution in [3.05, 3.63) is 17.5 Å². The molecule has 1 aliphatic carbocycles. The van der Waals surface area contributed by atoms with Gasteiger partial charge in [-0.15, -0.1) is 21.5 Å². The summed E-state index contributed by atoms with van der Waals surface area (Å²) in [6.07, 6.45) is 2.67. The van der Waals surface area contributed by atoms with E-state index in [1.54, 1.807) is 0 Å². The fourth-order valence-corrected chi connectivity index (χ4v) is 2.85. The number of amides is 1. The van der Waals surface area contributed by atoms with E-state index in [-0.39, 0.29) is 19.1 Å². The van der Waals surface area contributed by atoms with Gasteiger partial charge in [0.15, 0.2) is 0 Å². The Kier molecular flexibility index (Phi) is 3.49. The molecular formula is C12H15N5O2S. The van der Waals surface area contributed by atoms with Crippen molar-refractivity contribution in [2.24, 2.45) is 0 Å². The highest BCUT2D eigenvalue weighted by Gasteiger charge is 2.37. The molecule has 0 bridgehead atoms. The lowest BCUT2D eigenvalue weighted by atomic mass is 9.77. The largest absolute Gasteiger partial charge is 0.394 e. The molecule has 0 spiro atoms. The summed E-state index contributed by atoms with van der Waals surface area (Å²) >= 11 is 1.52. The van der Waals surface area contributed by atoms with Gasteiger partial charge in [0.05, 0.1) is 17.0 Å². The highest BCUT2D eigenvalue weighted by Crippen LogP contribution is 2.31. The van der Waals surface area contributed by atoms with Gasteiger partial charge in [-0.25, -0.2) is 0 Å². The second kappa shape index (κ2) is 5.29. The Morgan fingerprint density at radius 2 is 2.40 bits per heavy atom. The third-order valence-electron chi connectivity index (χ3n) is 3.50. The maximum absolute atomic E-state index is 11.9. The number of nitrogens with one attached hydrogen (secondary N) is 1. The number of thiophene rings is 1. The van der Waals surface area contributed by atoms with Crippen LogP contribution in [0, 0.1) is 0 Å². The third kappa shape index (κ3) is 2.56. The first-order valence-corrected chi connectivity index (χ1v) is 7.32. The minimum atomic E-state index is -0.436. The number of aliphatic hydroxyl groups excluding tert-OH is 1. The van der Waals surface area contributed by atoms with E-state index < -0.39 is 5.54 Å². The second-order valence-electron chi connectivity index (χ2n) is 4.96. The Labute approximate surface area is 119 Å². The van der Waals surface area contributed by atoms with Crippen LogP contribution in [0.15, 0.2) is 17.5 Å². The number of nitrogens with zero attached hydrogens (tertiary/aromatic N) is 4.